The highest BCUT2D eigenvalue weighted by Crippen LogP contribution is 1.98. The fraction of sp³-hybridized carbons (Fsp3) is 0.667. The average molecular weight is 261 g/mol. The first kappa shape index (κ1) is 16.1. The van der Waals surface area contributed by atoms with Crippen LogP contribution in [0.5, 0.6) is 0 Å². The van der Waals surface area contributed by atoms with Gasteiger partial charge in [0.15, 0.2) is 5.96 Å². The van der Waals surface area contributed by atoms with Crippen molar-refractivity contribution in [2.45, 2.75) is 24.9 Å². The molecule has 0 radical (unpaired) electrons. The van der Waals surface area contributed by atoms with Crippen molar-refractivity contribution in [3.63, 3.8) is 0 Å². The van der Waals surface area contributed by atoms with Crippen molar-refractivity contribution >= 4 is 17.9 Å². The van der Waals surface area contributed by atoms with E-state index in [1.54, 1.807) is 0 Å². The van der Waals surface area contributed by atoms with Gasteiger partial charge in [-0.3, -0.25) is 14.6 Å². The van der Waals surface area contributed by atoms with Crippen LogP contribution in [0.25, 0.3) is 0 Å². The molecule has 0 bridgehead atoms. The molecule has 0 aliphatic rings. The van der Waals surface area contributed by atoms with Crippen LogP contribution in [0.3, 0.4) is 0 Å². The van der Waals surface area contributed by atoms with Gasteiger partial charge in [-0.1, -0.05) is 0 Å². The Morgan fingerprint density at radius 3 is 2.33 bits per heavy atom. The van der Waals surface area contributed by atoms with E-state index in [0.29, 0.717) is 19.4 Å². The molecule has 9 nitrogen and oxygen atoms in total. The second-order valence-corrected chi connectivity index (χ2v) is 3.63. The molecule has 0 spiro atoms. The largest absolute Gasteiger partial charge is 0.480 e. The molecular formula is C9H19N5O4. The predicted octanol–water partition coefficient (Wildman–Crippen LogP) is -2.68. The minimum atomic E-state index is -1.25. The van der Waals surface area contributed by atoms with Crippen molar-refractivity contribution in [3.8, 4) is 0 Å². The van der Waals surface area contributed by atoms with E-state index >= 15 is 0 Å². The zero-order valence-corrected chi connectivity index (χ0v) is 9.91. The zero-order valence-electron chi connectivity index (χ0n) is 9.91. The lowest BCUT2D eigenvalue weighted by Gasteiger charge is -2.12. The van der Waals surface area contributed by atoms with Crippen LogP contribution in [0.4, 0.5) is 0 Å². The number of hydrogen-bond donors (Lipinski definition) is 5. The van der Waals surface area contributed by atoms with Gasteiger partial charge in [-0.15, -0.1) is 0 Å². The number of rotatable bonds is 8. The molecule has 0 saturated heterocycles. The molecular weight excluding hydrogens is 242 g/mol. The Hall–Kier alpha value is -1.87. The Balaban J connectivity index is 3.83. The van der Waals surface area contributed by atoms with E-state index in [9.17, 15) is 9.59 Å². The van der Waals surface area contributed by atoms with Gasteiger partial charge in [0.25, 0.3) is 0 Å². The van der Waals surface area contributed by atoms with Gasteiger partial charge in [-0.25, -0.2) is 0 Å². The molecule has 0 aromatic carbocycles. The Morgan fingerprint density at radius 2 is 1.83 bits per heavy atom. The molecule has 0 unspecified atom stereocenters. The Kier molecular flexibility index (Phi) is 7.40. The number of aliphatic imine (C=N–C) groups is 1. The normalized spacial score (nSPS) is 13.4. The summed E-state index contributed by atoms with van der Waals surface area (Å²) in [4.78, 5) is 25.4. The molecule has 0 aliphatic heterocycles. The fourth-order valence-electron chi connectivity index (χ4n) is 0.987. The molecule has 0 heterocycles. The summed E-state index contributed by atoms with van der Waals surface area (Å²) in [7, 11) is 0. The number of carbonyl (C=O) groups is 2. The third-order valence-corrected chi connectivity index (χ3v) is 1.99. The van der Waals surface area contributed by atoms with Crippen LogP contribution in [-0.2, 0) is 14.3 Å². The van der Waals surface area contributed by atoms with Crippen LogP contribution in [0.1, 0.15) is 12.8 Å². The number of carbonyl (C=O) groups excluding carboxylic acids is 1. The van der Waals surface area contributed by atoms with Crippen molar-refractivity contribution in [2.24, 2.45) is 27.9 Å². The summed E-state index contributed by atoms with van der Waals surface area (Å²) in [5.41, 5.74) is 20.9. The van der Waals surface area contributed by atoms with E-state index in [1.807, 2.05) is 0 Å². The molecule has 0 aromatic rings. The highest BCUT2D eigenvalue weighted by molar-refractivity contribution is 5.77. The number of guanidine groups is 1. The predicted molar refractivity (Wildman–Crippen MR) is 64.5 cm³/mol. The summed E-state index contributed by atoms with van der Waals surface area (Å²) in [5, 5.41) is 8.47. The molecule has 0 rings (SSSR count). The van der Waals surface area contributed by atoms with E-state index in [1.165, 1.54) is 0 Å². The van der Waals surface area contributed by atoms with Gasteiger partial charge < -0.3 is 32.8 Å². The highest BCUT2D eigenvalue weighted by Gasteiger charge is 2.18. The lowest BCUT2D eigenvalue weighted by molar-refractivity contribution is -0.149. The number of nitrogens with two attached hydrogens (primary N) is 4. The van der Waals surface area contributed by atoms with E-state index in [4.69, 9.17) is 28.0 Å². The quantitative estimate of drug-likeness (QED) is 0.136. The smallest absolute Gasteiger partial charge is 0.324 e. The van der Waals surface area contributed by atoms with Crippen LogP contribution in [-0.4, -0.2) is 48.2 Å². The molecule has 2 atom stereocenters. The standard InChI is InChI=1S/C9H19N5O4/c10-5(2-1-3-14-9(12)13)8(17)18-4-6(11)7(15)16/h5-6H,1-4,10-11H2,(H,15,16)(H4,12,13,14)/t5-,6-/m1/s1. The maximum absolute atomic E-state index is 11.3. The van der Waals surface area contributed by atoms with E-state index in [-0.39, 0.29) is 5.96 Å². The SMILES string of the molecule is NC(N)=NCCC[C@@H](N)C(=O)OC[C@@H](N)C(=O)O. The van der Waals surface area contributed by atoms with Crippen molar-refractivity contribution in [1.29, 1.82) is 0 Å². The van der Waals surface area contributed by atoms with Gasteiger partial charge in [-0.05, 0) is 12.8 Å². The Labute approximate surface area is 104 Å². The maximum Gasteiger partial charge on any atom is 0.324 e. The number of carboxylic acids is 1. The summed E-state index contributed by atoms with van der Waals surface area (Å²) < 4.78 is 4.65. The lowest BCUT2D eigenvalue weighted by atomic mass is 10.2. The zero-order chi connectivity index (χ0) is 14.1. The first-order valence-corrected chi connectivity index (χ1v) is 5.30. The first-order chi connectivity index (χ1) is 8.34. The number of nitrogens with zero attached hydrogens (tertiary/aromatic N) is 1. The van der Waals surface area contributed by atoms with Gasteiger partial charge in [-0.2, -0.15) is 0 Å². The number of ether oxygens (including phenoxy) is 1. The van der Waals surface area contributed by atoms with E-state index in [0.717, 1.165) is 0 Å². The Morgan fingerprint density at radius 1 is 1.22 bits per heavy atom. The van der Waals surface area contributed by atoms with Crippen LogP contribution < -0.4 is 22.9 Å². The minimum absolute atomic E-state index is 0.0291. The second kappa shape index (κ2) is 8.25. The molecule has 0 aromatic heterocycles. The lowest BCUT2D eigenvalue weighted by Crippen LogP contribution is -2.39. The van der Waals surface area contributed by atoms with Crippen LogP contribution in [0.2, 0.25) is 0 Å². The van der Waals surface area contributed by atoms with Gasteiger partial charge in [0.1, 0.15) is 18.7 Å². The molecule has 0 saturated carbocycles. The molecule has 0 aliphatic carbocycles. The fourth-order valence-corrected chi connectivity index (χ4v) is 0.987. The van der Waals surface area contributed by atoms with E-state index < -0.39 is 30.6 Å². The van der Waals surface area contributed by atoms with Crippen LogP contribution in [0, 0.1) is 0 Å². The minimum Gasteiger partial charge on any atom is -0.480 e. The molecule has 0 amide bonds. The third kappa shape index (κ3) is 7.41. The summed E-state index contributed by atoms with van der Waals surface area (Å²) in [6, 6.07) is -2.09. The van der Waals surface area contributed by atoms with E-state index in [2.05, 4.69) is 9.73 Å². The number of aliphatic carboxylic acids is 1. The number of carboxylic acid groups (broad SMARTS) is 1. The number of hydrogen-bond acceptors (Lipinski definition) is 6. The molecule has 0 fully saturated rings. The number of esters is 1. The third-order valence-electron chi connectivity index (χ3n) is 1.99. The molecule has 18 heavy (non-hydrogen) atoms. The van der Waals surface area contributed by atoms with Crippen molar-refractivity contribution in [2.75, 3.05) is 13.2 Å². The topological polar surface area (TPSA) is 180 Å². The molecule has 104 valence electrons. The van der Waals surface area contributed by atoms with Gasteiger partial charge in [0.05, 0.1) is 0 Å². The van der Waals surface area contributed by atoms with Gasteiger partial charge >= 0.3 is 11.9 Å². The molecule has 9 heteroatoms. The molecule has 9 N–H and O–H groups in total. The highest BCUT2D eigenvalue weighted by atomic mass is 16.5. The van der Waals surface area contributed by atoms with Crippen molar-refractivity contribution in [1.82, 2.24) is 0 Å². The monoisotopic (exact) mass is 261 g/mol. The summed E-state index contributed by atoms with van der Waals surface area (Å²) >= 11 is 0. The van der Waals surface area contributed by atoms with Crippen molar-refractivity contribution in [3.05, 3.63) is 0 Å². The van der Waals surface area contributed by atoms with Crippen LogP contribution >= 0.6 is 0 Å². The van der Waals surface area contributed by atoms with Gasteiger partial charge in [0, 0.05) is 6.54 Å². The maximum atomic E-state index is 11.3. The van der Waals surface area contributed by atoms with Gasteiger partial charge in [0.2, 0.25) is 0 Å². The Bertz CT molecular complexity index is 316. The van der Waals surface area contributed by atoms with Crippen LogP contribution in [0.15, 0.2) is 4.99 Å². The summed E-state index contributed by atoms with van der Waals surface area (Å²) in [6.07, 6.45) is 0.844. The summed E-state index contributed by atoms with van der Waals surface area (Å²) in [6.45, 7) is -0.0479. The van der Waals surface area contributed by atoms with Crippen molar-refractivity contribution < 1.29 is 19.4 Å². The first-order valence-electron chi connectivity index (χ1n) is 5.30. The second-order valence-electron chi connectivity index (χ2n) is 3.63. The summed E-state index contributed by atoms with van der Waals surface area (Å²) in [5.74, 6) is -1.97. The average Bonchev–Trinajstić information content (AvgIpc) is 2.30.